The Morgan fingerprint density at radius 2 is 2.14 bits per heavy atom. The van der Waals surface area contributed by atoms with E-state index >= 15 is 0 Å². The predicted octanol–water partition coefficient (Wildman–Crippen LogP) is 1.58. The predicted molar refractivity (Wildman–Crippen MR) is 56.8 cm³/mol. The summed E-state index contributed by atoms with van der Waals surface area (Å²) >= 11 is 0. The molecule has 1 aromatic rings. The van der Waals surface area contributed by atoms with Crippen molar-refractivity contribution >= 4 is 12.0 Å². The molecule has 0 bridgehead atoms. The largest absolute Gasteiger partial charge is 0.349 e. The van der Waals surface area contributed by atoms with Gasteiger partial charge in [-0.15, -0.1) is 0 Å². The molecule has 0 radical (unpaired) electrons. The molecule has 4 heteroatoms. The number of hydrogen-bond donors (Lipinski definition) is 1. The smallest absolute Gasteiger partial charge is 0.154 e. The molecule has 0 aliphatic carbocycles. The third-order valence-electron chi connectivity index (χ3n) is 2.12. The highest BCUT2D eigenvalue weighted by molar-refractivity contribution is 5.85. The second-order valence-electron chi connectivity index (χ2n) is 4.39. The lowest BCUT2D eigenvalue weighted by molar-refractivity contribution is 0.565. The van der Waals surface area contributed by atoms with E-state index < -0.39 is 0 Å². The first kappa shape index (κ1) is 9.12. The number of aliphatic imine (C=N–C) groups is 1. The van der Waals surface area contributed by atoms with Gasteiger partial charge in [0.2, 0.25) is 0 Å². The summed E-state index contributed by atoms with van der Waals surface area (Å²) in [5, 5.41) is 3.07. The Hall–Kier alpha value is -1.45. The van der Waals surface area contributed by atoms with Crippen LogP contribution in [-0.4, -0.2) is 22.9 Å². The van der Waals surface area contributed by atoms with Crippen molar-refractivity contribution in [2.75, 3.05) is 12.0 Å². The van der Waals surface area contributed by atoms with Gasteiger partial charge in [-0.1, -0.05) is 20.8 Å². The van der Waals surface area contributed by atoms with E-state index in [2.05, 4.69) is 41.0 Å². The molecular weight excluding hydrogens is 176 g/mol. The molecular formula is C10H14N4. The Labute approximate surface area is 83.5 Å². The average Bonchev–Trinajstić information content (AvgIpc) is 2.16. The molecule has 0 spiro atoms. The maximum atomic E-state index is 4.51. The summed E-state index contributed by atoms with van der Waals surface area (Å²) in [5.74, 6) is 0.827. The van der Waals surface area contributed by atoms with Gasteiger partial charge in [-0.2, -0.15) is 0 Å². The Morgan fingerprint density at radius 1 is 1.36 bits per heavy atom. The van der Waals surface area contributed by atoms with Crippen molar-refractivity contribution in [2.45, 2.75) is 26.2 Å². The van der Waals surface area contributed by atoms with Gasteiger partial charge in [-0.05, 0) is 0 Å². The zero-order valence-electron chi connectivity index (χ0n) is 8.70. The van der Waals surface area contributed by atoms with Crippen LogP contribution in [0, 0.1) is 0 Å². The second kappa shape index (κ2) is 3.04. The van der Waals surface area contributed by atoms with Crippen molar-refractivity contribution in [2.24, 2.45) is 4.99 Å². The monoisotopic (exact) mass is 190 g/mol. The second-order valence-corrected chi connectivity index (χ2v) is 4.39. The molecule has 0 saturated carbocycles. The van der Waals surface area contributed by atoms with Crippen molar-refractivity contribution in [3.05, 3.63) is 17.6 Å². The first-order valence-electron chi connectivity index (χ1n) is 4.68. The van der Waals surface area contributed by atoms with E-state index in [-0.39, 0.29) is 5.41 Å². The number of hydrogen-bond acceptors (Lipinski definition) is 4. The van der Waals surface area contributed by atoms with Crippen LogP contribution >= 0.6 is 0 Å². The fraction of sp³-hybridized carbons (Fsp3) is 0.500. The third-order valence-corrected chi connectivity index (χ3v) is 2.12. The Kier molecular flexibility index (Phi) is 1.98. The standard InChI is InChI=1S/C10H14N4/c1-10(2,3)8-5-12-9-7(14-8)4-11-6-13-9/h4-5H,6H2,1-3H3,(H,12,13). The highest BCUT2D eigenvalue weighted by Gasteiger charge is 2.18. The number of rotatable bonds is 0. The molecule has 1 aliphatic heterocycles. The maximum Gasteiger partial charge on any atom is 0.154 e. The lowest BCUT2D eigenvalue weighted by atomic mass is 9.92. The third kappa shape index (κ3) is 1.60. The van der Waals surface area contributed by atoms with Crippen molar-refractivity contribution in [1.29, 1.82) is 0 Å². The number of anilines is 1. The zero-order chi connectivity index (χ0) is 10.2. The van der Waals surface area contributed by atoms with E-state index in [0.717, 1.165) is 17.2 Å². The highest BCUT2D eigenvalue weighted by Crippen LogP contribution is 2.21. The normalized spacial score (nSPS) is 14.8. The molecule has 1 N–H and O–H groups in total. The Morgan fingerprint density at radius 3 is 2.86 bits per heavy atom. The van der Waals surface area contributed by atoms with Crippen LogP contribution in [0.2, 0.25) is 0 Å². The molecule has 0 saturated heterocycles. The van der Waals surface area contributed by atoms with E-state index in [1.54, 1.807) is 6.21 Å². The van der Waals surface area contributed by atoms with Crippen LogP contribution in [0.4, 0.5) is 5.82 Å². The quantitative estimate of drug-likeness (QED) is 0.675. The fourth-order valence-corrected chi connectivity index (χ4v) is 1.24. The number of fused-ring (bicyclic) bond motifs is 1. The number of aromatic nitrogens is 2. The van der Waals surface area contributed by atoms with Gasteiger partial charge >= 0.3 is 0 Å². The average molecular weight is 190 g/mol. The molecule has 4 nitrogen and oxygen atoms in total. The summed E-state index contributed by atoms with van der Waals surface area (Å²) in [5.41, 5.74) is 1.86. The first-order valence-corrected chi connectivity index (χ1v) is 4.68. The van der Waals surface area contributed by atoms with Crippen LogP contribution in [0.5, 0.6) is 0 Å². The molecule has 0 fully saturated rings. The summed E-state index contributed by atoms with van der Waals surface area (Å²) in [6, 6.07) is 0. The summed E-state index contributed by atoms with van der Waals surface area (Å²) in [6.07, 6.45) is 3.60. The first-order chi connectivity index (χ1) is 6.57. The summed E-state index contributed by atoms with van der Waals surface area (Å²) in [6.45, 7) is 6.96. The minimum atomic E-state index is 0.0350. The van der Waals surface area contributed by atoms with Gasteiger partial charge in [-0.3, -0.25) is 4.99 Å². The zero-order valence-corrected chi connectivity index (χ0v) is 8.70. The summed E-state index contributed by atoms with van der Waals surface area (Å²) in [4.78, 5) is 12.9. The van der Waals surface area contributed by atoms with Gasteiger partial charge in [-0.25, -0.2) is 9.97 Å². The SMILES string of the molecule is CC(C)(C)c1cnc2c(n1)C=NCN2. The lowest BCUT2D eigenvalue weighted by Crippen LogP contribution is -2.18. The van der Waals surface area contributed by atoms with Crippen LogP contribution < -0.4 is 5.32 Å². The Bertz CT molecular complexity index is 376. The molecule has 14 heavy (non-hydrogen) atoms. The minimum Gasteiger partial charge on any atom is -0.349 e. The van der Waals surface area contributed by atoms with Crippen molar-refractivity contribution in [3.8, 4) is 0 Å². The number of nitrogens with one attached hydrogen (secondary N) is 1. The molecule has 0 amide bonds. The van der Waals surface area contributed by atoms with Crippen molar-refractivity contribution in [3.63, 3.8) is 0 Å². The molecule has 0 aromatic carbocycles. The van der Waals surface area contributed by atoms with E-state index in [0.29, 0.717) is 6.67 Å². The molecule has 0 unspecified atom stereocenters. The Balaban J connectivity index is 2.45. The topological polar surface area (TPSA) is 50.2 Å². The van der Waals surface area contributed by atoms with Gasteiger partial charge in [0.1, 0.15) is 12.4 Å². The van der Waals surface area contributed by atoms with Crippen LogP contribution in [-0.2, 0) is 5.41 Å². The molecule has 2 heterocycles. The number of nitrogens with zero attached hydrogens (tertiary/aromatic N) is 3. The van der Waals surface area contributed by atoms with Gasteiger partial charge < -0.3 is 5.32 Å². The van der Waals surface area contributed by atoms with Gasteiger partial charge in [0, 0.05) is 5.41 Å². The van der Waals surface area contributed by atoms with Gasteiger partial charge in [0.05, 0.1) is 18.1 Å². The van der Waals surface area contributed by atoms with Crippen LogP contribution in [0.1, 0.15) is 32.2 Å². The molecule has 2 rings (SSSR count). The molecule has 0 atom stereocenters. The minimum absolute atomic E-state index is 0.0350. The summed E-state index contributed by atoms with van der Waals surface area (Å²) < 4.78 is 0. The maximum absolute atomic E-state index is 4.51. The van der Waals surface area contributed by atoms with E-state index in [9.17, 15) is 0 Å². The van der Waals surface area contributed by atoms with Crippen LogP contribution in [0.25, 0.3) is 0 Å². The van der Waals surface area contributed by atoms with Gasteiger partial charge in [0.15, 0.2) is 5.82 Å². The van der Waals surface area contributed by atoms with Gasteiger partial charge in [0.25, 0.3) is 0 Å². The van der Waals surface area contributed by atoms with E-state index in [1.165, 1.54) is 0 Å². The van der Waals surface area contributed by atoms with Crippen molar-refractivity contribution < 1.29 is 0 Å². The summed E-state index contributed by atoms with van der Waals surface area (Å²) in [7, 11) is 0. The van der Waals surface area contributed by atoms with Crippen LogP contribution in [0.15, 0.2) is 11.2 Å². The molecule has 74 valence electrons. The molecule has 1 aromatic heterocycles. The van der Waals surface area contributed by atoms with E-state index in [1.807, 2.05) is 6.20 Å². The van der Waals surface area contributed by atoms with Crippen LogP contribution in [0.3, 0.4) is 0 Å². The fourth-order valence-electron chi connectivity index (χ4n) is 1.24. The highest BCUT2D eigenvalue weighted by atomic mass is 15.1. The van der Waals surface area contributed by atoms with Crippen molar-refractivity contribution in [1.82, 2.24) is 9.97 Å². The molecule has 1 aliphatic rings. The lowest BCUT2D eigenvalue weighted by Gasteiger charge is -2.19. The van der Waals surface area contributed by atoms with E-state index in [4.69, 9.17) is 0 Å².